The highest BCUT2D eigenvalue weighted by Gasteiger charge is 2.35. The number of anilines is 1. The van der Waals surface area contributed by atoms with Gasteiger partial charge < -0.3 is 10.0 Å². The lowest BCUT2D eigenvalue weighted by molar-refractivity contribution is -0.138. The molecule has 1 unspecified atom stereocenters. The number of amides is 1. The zero-order valence-electron chi connectivity index (χ0n) is 9.66. The SMILES string of the molecule is Cc1ccc(N2CC(O)CC2=O)cc1C(F)(F)F. The molecule has 0 bridgehead atoms. The Morgan fingerprint density at radius 2 is 2.06 bits per heavy atom. The molecule has 1 saturated heterocycles. The molecule has 1 fully saturated rings. The third kappa shape index (κ3) is 2.33. The first kappa shape index (κ1) is 12.9. The van der Waals surface area contributed by atoms with Crippen molar-refractivity contribution in [3.8, 4) is 0 Å². The second-order valence-electron chi connectivity index (χ2n) is 4.36. The number of halogens is 3. The molecule has 0 aromatic heterocycles. The van der Waals surface area contributed by atoms with Gasteiger partial charge in [-0.2, -0.15) is 13.2 Å². The van der Waals surface area contributed by atoms with Crippen LogP contribution in [-0.4, -0.2) is 23.7 Å². The number of benzene rings is 1. The zero-order chi connectivity index (χ0) is 13.5. The van der Waals surface area contributed by atoms with Crippen LogP contribution in [0.2, 0.25) is 0 Å². The molecule has 1 aliphatic heterocycles. The predicted octanol–water partition coefficient (Wildman–Crippen LogP) is 2.11. The molecule has 1 N–H and O–H groups in total. The Balaban J connectivity index is 2.39. The summed E-state index contributed by atoms with van der Waals surface area (Å²) in [7, 11) is 0. The monoisotopic (exact) mass is 259 g/mol. The Morgan fingerprint density at radius 3 is 2.56 bits per heavy atom. The quantitative estimate of drug-likeness (QED) is 0.839. The normalized spacial score (nSPS) is 20.6. The molecule has 2 rings (SSSR count). The van der Waals surface area contributed by atoms with Crippen LogP contribution < -0.4 is 4.90 Å². The molecule has 1 aliphatic rings. The van der Waals surface area contributed by atoms with Crippen LogP contribution >= 0.6 is 0 Å². The number of aliphatic hydroxyl groups is 1. The van der Waals surface area contributed by atoms with Gasteiger partial charge in [0.05, 0.1) is 24.6 Å². The summed E-state index contributed by atoms with van der Waals surface area (Å²) in [4.78, 5) is 12.7. The van der Waals surface area contributed by atoms with Crippen LogP contribution in [-0.2, 0) is 11.0 Å². The lowest BCUT2D eigenvalue weighted by Crippen LogP contribution is -2.25. The maximum Gasteiger partial charge on any atom is 0.416 e. The van der Waals surface area contributed by atoms with E-state index < -0.39 is 17.8 Å². The smallest absolute Gasteiger partial charge is 0.391 e. The van der Waals surface area contributed by atoms with Gasteiger partial charge in [0.15, 0.2) is 0 Å². The van der Waals surface area contributed by atoms with Crippen LogP contribution in [0.5, 0.6) is 0 Å². The molecular weight excluding hydrogens is 247 g/mol. The van der Waals surface area contributed by atoms with E-state index in [-0.39, 0.29) is 30.1 Å². The molecular formula is C12H12F3NO2. The minimum atomic E-state index is -4.44. The molecule has 3 nitrogen and oxygen atoms in total. The van der Waals surface area contributed by atoms with Crippen molar-refractivity contribution in [2.24, 2.45) is 0 Å². The van der Waals surface area contributed by atoms with Crippen molar-refractivity contribution < 1.29 is 23.1 Å². The van der Waals surface area contributed by atoms with Gasteiger partial charge in [-0.05, 0) is 24.6 Å². The Labute approximate surface area is 102 Å². The highest BCUT2D eigenvalue weighted by atomic mass is 19.4. The third-order valence-electron chi connectivity index (χ3n) is 2.94. The van der Waals surface area contributed by atoms with Crippen LogP contribution in [0.1, 0.15) is 17.5 Å². The summed E-state index contributed by atoms with van der Waals surface area (Å²) < 4.78 is 38.2. The van der Waals surface area contributed by atoms with E-state index >= 15 is 0 Å². The fourth-order valence-electron chi connectivity index (χ4n) is 2.02. The number of alkyl halides is 3. The second kappa shape index (κ2) is 4.28. The van der Waals surface area contributed by atoms with Crippen LogP contribution in [0.3, 0.4) is 0 Å². The molecule has 98 valence electrons. The molecule has 1 atom stereocenters. The summed E-state index contributed by atoms with van der Waals surface area (Å²) >= 11 is 0. The number of β-amino-alcohol motifs (C(OH)–C–C–N with tert-alkyl or cyclic N) is 1. The highest BCUT2D eigenvalue weighted by Crippen LogP contribution is 2.35. The molecule has 0 saturated carbocycles. The average Bonchev–Trinajstić information content (AvgIpc) is 2.57. The maximum atomic E-state index is 12.7. The van der Waals surface area contributed by atoms with Crippen molar-refractivity contribution in [3.63, 3.8) is 0 Å². The lowest BCUT2D eigenvalue weighted by Gasteiger charge is -2.19. The Hall–Kier alpha value is -1.56. The first-order valence-electron chi connectivity index (χ1n) is 5.45. The van der Waals surface area contributed by atoms with Gasteiger partial charge in [-0.1, -0.05) is 6.07 Å². The fourth-order valence-corrected chi connectivity index (χ4v) is 2.02. The molecule has 0 radical (unpaired) electrons. The number of hydrogen-bond donors (Lipinski definition) is 1. The Morgan fingerprint density at radius 1 is 1.39 bits per heavy atom. The summed E-state index contributed by atoms with van der Waals surface area (Å²) in [5.41, 5.74) is -0.470. The van der Waals surface area contributed by atoms with Gasteiger partial charge in [-0.25, -0.2) is 0 Å². The van der Waals surface area contributed by atoms with Crippen molar-refractivity contribution in [3.05, 3.63) is 29.3 Å². The largest absolute Gasteiger partial charge is 0.416 e. The standard InChI is InChI=1S/C12H12F3NO2/c1-7-2-3-8(4-10(7)12(13,14)15)16-6-9(17)5-11(16)18/h2-4,9,17H,5-6H2,1H3. The summed E-state index contributed by atoms with van der Waals surface area (Å²) in [5.74, 6) is -0.362. The number of hydrogen-bond acceptors (Lipinski definition) is 2. The number of aryl methyl sites for hydroxylation is 1. The zero-order valence-corrected chi connectivity index (χ0v) is 9.66. The minimum Gasteiger partial charge on any atom is -0.391 e. The van der Waals surface area contributed by atoms with Crippen LogP contribution in [0.25, 0.3) is 0 Å². The fraction of sp³-hybridized carbons (Fsp3) is 0.417. The van der Waals surface area contributed by atoms with E-state index in [1.807, 2.05) is 0 Å². The minimum absolute atomic E-state index is 0.0409. The second-order valence-corrected chi connectivity index (χ2v) is 4.36. The molecule has 6 heteroatoms. The molecule has 18 heavy (non-hydrogen) atoms. The predicted molar refractivity (Wildman–Crippen MR) is 59.2 cm³/mol. The number of nitrogens with zero attached hydrogens (tertiary/aromatic N) is 1. The van der Waals surface area contributed by atoms with Gasteiger partial charge in [0.25, 0.3) is 0 Å². The first-order chi connectivity index (χ1) is 8.29. The summed E-state index contributed by atoms with van der Waals surface area (Å²) in [6.07, 6.45) is -5.30. The summed E-state index contributed by atoms with van der Waals surface area (Å²) in [5, 5.41) is 9.33. The molecule has 0 aliphatic carbocycles. The molecule has 1 heterocycles. The van der Waals surface area contributed by atoms with E-state index in [0.29, 0.717) is 0 Å². The topological polar surface area (TPSA) is 40.5 Å². The van der Waals surface area contributed by atoms with Crippen molar-refractivity contribution >= 4 is 11.6 Å². The van der Waals surface area contributed by atoms with Gasteiger partial charge in [-0.15, -0.1) is 0 Å². The molecule has 0 spiro atoms. The number of carbonyl (C=O) groups is 1. The van der Waals surface area contributed by atoms with Crippen LogP contribution in [0, 0.1) is 6.92 Å². The van der Waals surface area contributed by atoms with Gasteiger partial charge in [0, 0.05) is 5.69 Å². The maximum absolute atomic E-state index is 12.7. The van der Waals surface area contributed by atoms with Gasteiger partial charge >= 0.3 is 6.18 Å². The highest BCUT2D eigenvalue weighted by molar-refractivity contribution is 5.96. The average molecular weight is 259 g/mol. The number of carbonyl (C=O) groups excluding carboxylic acids is 1. The van der Waals surface area contributed by atoms with Crippen molar-refractivity contribution in [1.29, 1.82) is 0 Å². The molecule has 1 aromatic rings. The Bertz CT molecular complexity index is 485. The molecule has 1 aromatic carbocycles. The number of aliphatic hydroxyl groups excluding tert-OH is 1. The van der Waals surface area contributed by atoms with Crippen molar-refractivity contribution in [2.45, 2.75) is 25.6 Å². The number of rotatable bonds is 1. The summed E-state index contributed by atoms with van der Waals surface area (Å²) in [6.45, 7) is 1.41. The van der Waals surface area contributed by atoms with E-state index in [4.69, 9.17) is 0 Å². The third-order valence-corrected chi connectivity index (χ3v) is 2.94. The Kier molecular flexibility index (Phi) is 3.06. The summed E-state index contributed by atoms with van der Waals surface area (Å²) in [6, 6.07) is 3.74. The first-order valence-corrected chi connectivity index (χ1v) is 5.45. The van der Waals surface area contributed by atoms with Gasteiger partial charge in [0.2, 0.25) is 5.91 Å². The molecule has 1 amide bonds. The van der Waals surface area contributed by atoms with Crippen LogP contribution in [0.15, 0.2) is 18.2 Å². The van der Waals surface area contributed by atoms with E-state index in [2.05, 4.69) is 0 Å². The lowest BCUT2D eigenvalue weighted by atomic mass is 10.1. The van der Waals surface area contributed by atoms with Crippen LogP contribution in [0.4, 0.5) is 18.9 Å². The van der Waals surface area contributed by atoms with Gasteiger partial charge in [-0.3, -0.25) is 4.79 Å². The van der Waals surface area contributed by atoms with E-state index in [9.17, 15) is 23.1 Å². The van der Waals surface area contributed by atoms with E-state index in [1.54, 1.807) is 0 Å². The van der Waals surface area contributed by atoms with Crippen molar-refractivity contribution in [1.82, 2.24) is 0 Å². The van der Waals surface area contributed by atoms with E-state index in [1.165, 1.54) is 24.0 Å². The van der Waals surface area contributed by atoms with Crippen molar-refractivity contribution in [2.75, 3.05) is 11.4 Å². The van der Waals surface area contributed by atoms with E-state index in [0.717, 1.165) is 6.07 Å². The van der Waals surface area contributed by atoms with Gasteiger partial charge in [0.1, 0.15) is 0 Å².